The molecule has 0 amide bonds. The summed E-state index contributed by atoms with van der Waals surface area (Å²) in [6.45, 7) is 10.8. The zero-order valence-corrected chi connectivity index (χ0v) is 10.9. The quantitative estimate of drug-likeness (QED) is 0.645. The van der Waals surface area contributed by atoms with Crippen molar-refractivity contribution in [3.8, 4) is 0 Å². The van der Waals surface area contributed by atoms with Crippen molar-refractivity contribution in [3.05, 3.63) is 0 Å². The van der Waals surface area contributed by atoms with Gasteiger partial charge in [0.05, 0.1) is 6.61 Å². The molecule has 0 atom stereocenters. The van der Waals surface area contributed by atoms with Gasteiger partial charge in [0.15, 0.2) is 0 Å². The van der Waals surface area contributed by atoms with Crippen molar-refractivity contribution in [2.24, 2.45) is 5.41 Å². The Labute approximate surface area is 90.8 Å². The van der Waals surface area contributed by atoms with E-state index in [1.807, 2.05) is 0 Å². The summed E-state index contributed by atoms with van der Waals surface area (Å²) < 4.78 is 5.07. The first kappa shape index (κ1) is 13.4. The molecule has 0 heterocycles. The maximum Gasteiger partial charge on any atom is 0.0589 e. The van der Waals surface area contributed by atoms with E-state index in [9.17, 15) is 0 Å². The highest BCUT2D eigenvalue weighted by Gasteiger charge is 2.19. The van der Waals surface area contributed by atoms with E-state index in [1.165, 1.54) is 0 Å². The van der Waals surface area contributed by atoms with Crippen molar-refractivity contribution in [1.82, 2.24) is 4.90 Å². The number of halogens is 1. The van der Waals surface area contributed by atoms with Crippen molar-refractivity contribution in [2.75, 3.05) is 38.7 Å². The lowest BCUT2D eigenvalue weighted by Crippen LogP contribution is -2.37. The molecule has 2 nitrogen and oxygen atoms in total. The molecular formula is C10H22BrNO. The third-order valence-corrected chi connectivity index (χ3v) is 3.59. The van der Waals surface area contributed by atoms with Crippen LogP contribution in [0.1, 0.15) is 20.8 Å². The Balaban J connectivity index is 3.82. The van der Waals surface area contributed by atoms with Gasteiger partial charge in [-0.2, -0.15) is 0 Å². The molecule has 3 heteroatoms. The largest absolute Gasteiger partial charge is 0.383 e. The number of ether oxygens (including phenoxy) is 1. The highest BCUT2D eigenvalue weighted by Crippen LogP contribution is 2.19. The van der Waals surface area contributed by atoms with Gasteiger partial charge >= 0.3 is 0 Å². The second kappa shape index (κ2) is 6.80. The topological polar surface area (TPSA) is 12.5 Å². The van der Waals surface area contributed by atoms with Gasteiger partial charge in [-0.05, 0) is 12.0 Å². The van der Waals surface area contributed by atoms with E-state index >= 15 is 0 Å². The van der Waals surface area contributed by atoms with Crippen molar-refractivity contribution in [2.45, 2.75) is 20.8 Å². The summed E-state index contributed by atoms with van der Waals surface area (Å²) in [6, 6.07) is 0. The number of likely N-dealkylation sites (N-methyl/N-ethyl adjacent to an activating group) is 1. The Morgan fingerprint density at radius 2 is 2.00 bits per heavy atom. The van der Waals surface area contributed by atoms with Crippen molar-refractivity contribution in [3.63, 3.8) is 0 Å². The van der Waals surface area contributed by atoms with Crippen molar-refractivity contribution >= 4 is 15.9 Å². The molecule has 0 bridgehead atoms. The summed E-state index contributed by atoms with van der Waals surface area (Å²) >= 11 is 3.54. The molecule has 0 aliphatic heterocycles. The highest BCUT2D eigenvalue weighted by molar-refractivity contribution is 9.09. The van der Waals surface area contributed by atoms with Crippen molar-refractivity contribution in [1.29, 1.82) is 0 Å². The molecule has 0 aliphatic rings. The number of hydrogen-bond acceptors (Lipinski definition) is 2. The van der Waals surface area contributed by atoms with E-state index in [2.05, 4.69) is 41.6 Å². The average Bonchev–Trinajstić information content (AvgIpc) is 2.12. The molecule has 0 N–H and O–H groups in total. The van der Waals surface area contributed by atoms with Gasteiger partial charge in [0.1, 0.15) is 0 Å². The van der Waals surface area contributed by atoms with E-state index < -0.39 is 0 Å². The Bertz CT molecular complexity index is 128. The van der Waals surface area contributed by atoms with Gasteiger partial charge in [0.2, 0.25) is 0 Å². The molecular weight excluding hydrogens is 230 g/mol. The molecule has 0 rings (SSSR count). The second-order valence-corrected chi connectivity index (χ2v) is 4.72. The normalized spacial score (nSPS) is 12.5. The number of methoxy groups -OCH3 is 1. The number of hydrogen-bond donors (Lipinski definition) is 0. The minimum Gasteiger partial charge on any atom is -0.383 e. The Morgan fingerprint density at radius 1 is 1.38 bits per heavy atom. The maximum absolute atomic E-state index is 5.07. The Morgan fingerprint density at radius 3 is 2.38 bits per heavy atom. The minimum atomic E-state index is 0.351. The number of alkyl halides is 1. The highest BCUT2D eigenvalue weighted by atomic mass is 79.9. The standard InChI is InChI=1S/C10H22BrNO/c1-5-12(6-7-13-4)9-10(2,3)8-11/h5-9H2,1-4H3. The minimum absolute atomic E-state index is 0.351. The molecule has 0 aromatic carbocycles. The molecule has 0 aromatic rings. The summed E-state index contributed by atoms with van der Waals surface area (Å²) in [7, 11) is 1.75. The van der Waals surface area contributed by atoms with Crippen LogP contribution in [0, 0.1) is 5.41 Å². The van der Waals surface area contributed by atoms with E-state index in [0.29, 0.717) is 5.41 Å². The molecule has 0 aliphatic carbocycles. The third kappa shape index (κ3) is 6.47. The molecule has 0 saturated carbocycles. The molecule has 0 fully saturated rings. The van der Waals surface area contributed by atoms with E-state index in [4.69, 9.17) is 4.74 Å². The molecule has 0 aromatic heterocycles. The molecule has 0 saturated heterocycles. The number of nitrogens with zero attached hydrogens (tertiary/aromatic N) is 1. The fourth-order valence-electron chi connectivity index (χ4n) is 1.22. The van der Waals surface area contributed by atoms with Crippen LogP contribution in [0.3, 0.4) is 0 Å². The molecule has 0 spiro atoms. The van der Waals surface area contributed by atoms with Crippen LogP contribution in [-0.4, -0.2) is 43.6 Å². The maximum atomic E-state index is 5.07. The summed E-state index contributed by atoms with van der Waals surface area (Å²) in [5.41, 5.74) is 0.351. The SMILES string of the molecule is CCN(CCOC)CC(C)(C)CBr. The summed E-state index contributed by atoms with van der Waals surface area (Å²) in [5, 5.41) is 1.05. The van der Waals surface area contributed by atoms with Crippen molar-refractivity contribution < 1.29 is 4.74 Å². The molecule has 80 valence electrons. The fourth-order valence-corrected chi connectivity index (χ4v) is 1.39. The van der Waals surface area contributed by atoms with Crippen LogP contribution in [0.4, 0.5) is 0 Å². The van der Waals surface area contributed by atoms with Gasteiger partial charge < -0.3 is 9.64 Å². The zero-order valence-electron chi connectivity index (χ0n) is 9.27. The smallest absolute Gasteiger partial charge is 0.0589 e. The first-order chi connectivity index (χ1) is 6.05. The van der Waals surface area contributed by atoms with E-state index in [1.54, 1.807) is 7.11 Å². The van der Waals surface area contributed by atoms with E-state index in [0.717, 1.165) is 31.6 Å². The van der Waals surface area contributed by atoms with Gasteiger partial charge in [-0.1, -0.05) is 36.7 Å². The Hall–Kier alpha value is 0.400. The molecule has 13 heavy (non-hydrogen) atoms. The van der Waals surface area contributed by atoms with E-state index in [-0.39, 0.29) is 0 Å². The van der Waals surface area contributed by atoms with Crippen LogP contribution in [0.2, 0.25) is 0 Å². The monoisotopic (exact) mass is 251 g/mol. The number of rotatable bonds is 7. The first-order valence-corrected chi connectivity index (χ1v) is 5.95. The second-order valence-electron chi connectivity index (χ2n) is 4.16. The van der Waals surface area contributed by atoms with Gasteiger partial charge in [0.25, 0.3) is 0 Å². The van der Waals surface area contributed by atoms with Gasteiger partial charge in [0, 0.05) is 25.5 Å². The van der Waals surface area contributed by atoms with Crippen LogP contribution in [0.25, 0.3) is 0 Å². The van der Waals surface area contributed by atoms with Crippen LogP contribution in [0.5, 0.6) is 0 Å². The fraction of sp³-hybridized carbons (Fsp3) is 1.00. The summed E-state index contributed by atoms with van der Waals surface area (Å²) in [4.78, 5) is 2.42. The molecule has 0 unspecified atom stereocenters. The summed E-state index contributed by atoms with van der Waals surface area (Å²) in [5.74, 6) is 0. The first-order valence-electron chi connectivity index (χ1n) is 4.83. The summed E-state index contributed by atoms with van der Waals surface area (Å²) in [6.07, 6.45) is 0. The van der Waals surface area contributed by atoms with Gasteiger partial charge in [-0.25, -0.2) is 0 Å². The predicted octanol–water partition coefficient (Wildman–Crippen LogP) is 2.38. The van der Waals surface area contributed by atoms with Crippen LogP contribution >= 0.6 is 15.9 Å². The van der Waals surface area contributed by atoms with Crippen LogP contribution in [0.15, 0.2) is 0 Å². The lowest BCUT2D eigenvalue weighted by Gasteiger charge is -2.30. The van der Waals surface area contributed by atoms with Crippen LogP contribution < -0.4 is 0 Å². The average molecular weight is 252 g/mol. The molecule has 0 radical (unpaired) electrons. The van der Waals surface area contributed by atoms with Crippen LogP contribution in [-0.2, 0) is 4.74 Å². The predicted molar refractivity (Wildman–Crippen MR) is 61.6 cm³/mol. The van der Waals surface area contributed by atoms with Gasteiger partial charge in [-0.15, -0.1) is 0 Å². The lowest BCUT2D eigenvalue weighted by molar-refractivity contribution is 0.128. The third-order valence-electron chi connectivity index (χ3n) is 2.07. The lowest BCUT2D eigenvalue weighted by atomic mass is 9.96. The zero-order chi connectivity index (χ0) is 10.3. The van der Waals surface area contributed by atoms with Gasteiger partial charge in [-0.3, -0.25) is 0 Å². The Kier molecular flexibility index (Phi) is 7.00.